The molecule has 68 valence electrons. The monoisotopic (exact) mass is 157 g/mol. The van der Waals surface area contributed by atoms with Crippen LogP contribution in [0.2, 0.25) is 0 Å². The van der Waals surface area contributed by atoms with Crippen molar-refractivity contribution in [3.8, 4) is 0 Å². The van der Waals surface area contributed by atoms with Crippen LogP contribution >= 0.6 is 0 Å². The topological polar surface area (TPSA) is 26.0 Å². The molecular weight excluding hydrogens is 134 g/mol. The Morgan fingerprint density at radius 3 is 1.91 bits per heavy atom. The Bertz CT molecular complexity index is 103. The summed E-state index contributed by atoms with van der Waals surface area (Å²) in [6.07, 6.45) is 2.52. The Kier molecular flexibility index (Phi) is 4.09. The Balaban J connectivity index is 3.73. The zero-order chi connectivity index (χ0) is 9.07. The van der Waals surface area contributed by atoms with Crippen molar-refractivity contribution in [2.24, 2.45) is 17.1 Å². The van der Waals surface area contributed by atoms with E-state index >= 15 is 0 Å². The number of hydrogen-bond acceptors (Lipinski definition) is 1. The van der Waals surface area contributed by atoms with Crippen LogP contribution in [-0.2, 0) is 0 Å². The van der Waals surface area contributed by atoms with E-state index in [1.165, 1.54) is 12.8 Å². The third-order valence-corrected chi connectivity index (χ3v) is 2.60. The highest BCUT2D eigenvalue weighted by atomic mass is 14.7. The number of hydrogen-bond donors (Lipinski definition) is 1. The molecule has 11 heavy (non-hydrogen) atoms. The second kappa shape index (κ2) is 4.10. The van der Waals surface area contributed by atoms with E-state index < -0.39 is 0 Å². The lowest BCUT2D eigenvalue weighted by Crippen LogP contribution is -2.34. The minimum atomic E-state index is 0.307. The fraction of sp³-hybridized carbons (Fsp3) is 1.00. The molecule has 0 rings (SSSR count). The average molecular weight is 157 g/mol. The zero-order valence-corrected chi connectivity index (χ0v) is 8.65. The molecule has 0 saturated carbocycles. The molecule has 0 spiro atoms. The molecule has 0 aromatic carbocycles. The van der Waals surface area contributed by atoms with E-state index in [9.17, 15) is 0 Å². The summed E-state index contributed by atoms with van der Waals surface area (Å²) in [4.78, 5) is 0. The number of nitrogens with two attached hydrogens (primary N) is 1. The van der Waals surface area contributed by atoms with Gasteiger partial charge in [-0.3, -0.25) is 0 Å². The van der Waals surface area contributed by atoms with Gasteiger partial charge in [-0.2, -0.15) is 0 Å². The van der Waals surface area contributed by atoms with E-state index in [0.717, 1.165) is 5.92 Å². The van der Waals surface area contributed by atoms with Crippen molar-refractivity contribution >= 4 is 0 Å². The molecule has 1 heteroatoms. The van der Waals surface area contributed by atoms with Gasteiger partial charge < -0.3 is 5.73 Å². The highest BCUT2D eigenvalue weighted by Crippen LogP contribution is 2.27. The van der Waals surface area contributed by atoms with Crippen LogP contribution in [0.1, 0.15) is 47.5 Å². The molecule has 1 nitrogen and oxygen atoms in total. The summed E-state index contributed by atoms with van der Waals surface area (Å²) in [6, 6.07) is 0.307. The molecule has 0 aromatic rings. The molecule has 0 aromatic heterocycles. The third-order valence-electron chi connectivity index (χ3n) is 2.60. The molecule has 2 N–H and O–H groups in total. The van der Waals surface area contributed by atoms with E-state index in [0.29, 0.717) is 11.5 Å². The molecule has 0 aliphatic rings. The van der Waals surface area contributed by atoms with Crippen LogP contribution in [0.4, 0.5) is 0 Å². The lowest BCUT2D eigenvalue weighted by molar-refractivity contribution is 0.256. The predicted octanol–water partition coefficient (Wildman–Crippen LogP) is 2.80. The van der Waals surface area contributed by atoms with Crippen LogP contribution in [0.5, 0.6) is 0 Å². The van der Waals surface area contributed by atoms with Gasteiger partial charge in [0.05, 0.1) is 0 Å². The first kappa shape index (κ1) is 11.0. The summed E-state index contributed by atoms with van der Waals surface area (Å²) in [5.41, 5.74) is 6.17. The van der Waals surface area contributed by atoms with Gasteiger partial charge >= 0.3 is 0 Å². The van der Waals surface area contributed by atoms with Gasteiger partial charge in [0, 0.05) is 6.04 Å². The van der Waals surface area contributed by atoms with Crippen LogP contribution < -0.4 is 5.73 Å². The van der Waals surface area contributed by atoms with Gasteiger partial charge in [-0.25, -0.2) is 0 Å². The molecule has 0 bridgehead atoms. The highest BCUT2D eigenvalue weighted by Gasteiger charge is 2.22. The van der Waals surface area contributed by atoms with E-state index in [2.05, 4.69) is 34.6 Å². The molecule has 0 aliphatic carbocycles. The van der Waals surface area contributed by atoms with Crippen molar-refractivity contribution in [3.05, 3.63) is 0 Å². The summed E-state index contributed by atoms with van der Waals surface area (Å²) in [5.74, 6) is 0.799. The van der Waals surface area contributed by atoms with Crippen molar-refractivity contribution in [1.82, 2.24) is 0 Å². The van der Waals surface area contributed by atoms with Crippen LogP contribution in [0, 0.1) is 11.3 Å². The molecule has 1 atom stereocenters. The van der Waals surface area contributed by atoms with Crippen LogP contribution in [0.25, 0.3) is 0 Å². The maximum absolute atomic E-state index is 5.86. The molecule has 1 unspecified atom stereocenters. The first-order chi connectivity index (χ1) is 4.86. The van der Waals surface area contributed by atoms with Crippen molar-refractivity contribution in [3.63, 3.8) is 0 Å². The normalized spacial score (nSPS) is 15.5. The first-order valence-electron chi connectivity index (χ1n) is 4.62. The van der Waals surface area contributed by atoms with E-state index in [-0.39, 0.29) is 0 Å². The number of rotatable bonds is 4. The predicted molar refractivity (Wildman–Crippen MR) is 51.5 cm³/mol. The Labute approximate surface area is 71.4 Å². The average Bonchev–Trinajstić information content (AvgIpc) is 1.84. The van der Waals surface area contributed by atoms with Crippen LogP contribution in [0.15, 0.2) is 0 Å². The van der Waals surface area contributed by atoms with Crippen molar-refractivity contribution < 1.29 is 0 Å². The molecular formula is C10H23N. The van der Waals surface area contributed by atoms with Crippen molar-refractivity contribution in [1.29, 1.82) is 0 Å². The van der Waals surface area contributed by atoms with Gasteiger partial charge in [0.1, 0.15) is 0 Å². The molecule has 0 heterocycles. The summed E-state index contributed by atoms with van der Waals surface area (Å²) in [6.45, 7) is 11.1. The maximum atomic E-state index is 5.86. The SMILES string of the molecule is CC(C)CCC(C)(C)C(C)N. The van der Waals surface area contributed by atoms with Gasteiger partial charge in [0.25, 0.3) is 0 Å². The Hall–Kier alpha value is -0.0400. The lowest BCUT2D eigenvalue weighted by Gasteiger charge is -2.29. The lowest BCUT2D eigenvalue weighted by atomic mass is 9.80. The van der Waals surface area contributed by atoms with Gasteiger partial charge in [-0.05, 0) is 24.7 Å². The van der Waals surface area contributed by atoms with Crippen molar-refractivity contribution in [2.45, 2.75) is 53.5 Å². The van der Waals surface area contributed by atoms with E-state index in [1.54, 1.807) is 0 Å². The quantitative estimate of drug-likeness (QED) is 0.667. The van der Waals surface area contributed by atoms with Crippen LogP contribution in [-0.4, -0.2) is 6.04 Å². The van der Waals surface area contributed by atoms with Crippen LogP contribution in [0.3, 0.4) is 0 Å². The fourth-order valence-electron chi connectivity index (χ4n) is 0.888. The first-order valence-corrected chi connectivity index (χ1v) is 4.62. The van der Waals surface area contributed by atoms with E-state index in [1.807, 2.05) is 0 Å². The summed E-state index contributed by atoms with van der Waals surface area (Å²) in [7, 11) is 0. The maximum Gasteiger partial charge on any atom is 0.00617 e. The largest absolute Gasteiger partial charge is 0.327 e. The zero-order valence-electron chi connectivity index (χ0n) is 8.65. The Morgan fingerprint density at radius 1 is 1.18 bits per heavy atom. The smallest absolute Gasteiger partial charge is 0.00617 e. The standard InChI is InChI=1S/C10H23N/c1-8(2)6-7-10(4,5)9(3)11/h8-9H,6-7,11H2,1-5H3. The minimum Gasteiger partial charge on any atom is -0.327 e. The van der Waals surface area contributed by atoms with Crippen molar-refractivity contribution in [2.75, 3.05) is 0 Å². The molecule has 0 saturated heterocycles. The fourth-order valence-corrected chi connectivity index (χ4v) is 0.888. The Morgan fingerprint density at radius 2 is 1.64 bits per heavy atom. The van der Waals surface area contributed by atoms with Gasteiger partial charge in [0.15, 0.2) is 0 Å². The molecule has 0 fully saturated rings. The molecule has 0 aliphatic heterocycles. The van der Waals surface area contributed by atoms with Gasteiger partial charge in [-0.1, -0.05) is 34.1 Å². The second-order valence-corrected chi connectivity index (χ2v) is 4.71. The molecule has 0 radical (unpaired) electrons. The van der Waals surface area contributed by atoms with Gasteiger partial charge in [0.2, 0.25) is 0 Å². The summed E-state index contributed by atoms with van der Waals surface area (Å²) >= 11 is 0. The third kappa shape index (κ3) is 4.41. The van der Waals surface area contributed by atoms with Gasteiger partial charge in [-0.15, -0.1) is 0 Å². The minimum absolute atomic E-state index is 0.307. The molecule has 0 amide bonds. The highest BCUT2D eigenvalue weighted by molar-refractivity contribution is 4.77. The second-order valence-electron chi connectivity index (χ2n) is 4.71. The summed E-state index contributed by atoms with van der Waals surface area (Å²) in [5, 5.41) is 0. The summed E-state index contributed by atoms with van der Waals surface area (Å²) < 4.78 is 0. The van der Waals surface area contributed by atoms with E-state index in [4.69, 9.17) is 5.73 Å².